The highest BCUT2D eigenvalue weighted by Crippen LogP contribution is 2.28. The van der Waals surface area contributed by atoms with E-state index in [-0.39, 0.29) is 0 Å². The zero-order valence-corrected chi connectivity index (χ0v) is 9.29. The fourth-order valence-corrected chi connectivity index (χ4v) is 1.64. The fraction of sp³-hybridized carbons (Fsp3) is 0.583. The van der Waals surface area contributed by atoms with Crippen LogP contribution in [0.5, 0.6) is 5.75 Å². The molecule has 1 rings (SSSR count). The molecule has 1 aromatic heterocycles. The molecular weight excluding hydrogens is 174 g/mol. The summed E-state index contributed by atoms with van der Waals surface area (Å²) < 4.78 is 5.56. The van der Waals surface area contributed by atoms with Gasteiger partial charge in [0.15, 0.2) is 0 Å². The number of hydrogen-bond donors (Lipinski definition) is 0. The molecule has 0 aliphatic heterocycles. The monoisotopic (exact) mass is 193 g/mol. The van der Waals surface area contributed by atoms with Crippen LogP contribution in [0, 0.1) is 0 Å². The number of rotatable bonds is 5. The molecule has 14 heavy (non-hydrogen) atoms. The second-order valence-electron chi connectivity index (χ2n) is 3.54. The molecule has 0 aliphatic rings. The van der Waals surface area contributed by atoms with E-state index in [0.29, 0.717) is 5.92 Å². The average molecular weight is 193 g/mol. The van der Waals surface area contributed by atoms with Crippen molar-refractivity contribution in [1.82, 2.24) is 4.98 Å². The van der Waals surface area contributed by atoms with Gasteiger partial charge in [0.1, 0.15) is 5.75 Å². The molecule has 0 saturated carbocycles. The standard InChI is InChI=1S/C12H19NO/c1-4-6-10(3)11-9-13-8-7-12(11)14-5-2/h7-10H,4-6H2,1-3H3. The highest BCUT2D eigenvalue weighted by molar-refractivity contribution is 5.32. The molecule has 0 fully saturated rings. The van der Waals surface area contributed by atoms with E-state index >= 15 is 0 Å². The zero-order chi connectivity index (χ0) is 10.4. The first-order valence-electron chi connectivity index (χ1n) is 5.36. The van der Waals surface area contributed by atoms with Gasteiger partial charge in [-0.05, 0) is 25.3 Å². The third kappa shape index (κ3) is 2.72. The second kappa shape index (κ2) is 5.63. The van der Waals surface area contributed by atoms with E-state index in [1.165, 1.54) is 18.4 Å². The van der Waals surface area contributed by atoms with Gasteiger partial charge in [-0.3, -0.25) is 4.98 Å². The van der Waals surface area contributed by atoms with Crippen molar-refractivity contribution in [3.63, 3.8) is 0 Å². The molecular formula is C12H19NO. The van der Waals surface area contributed by atoms with E-state index in [1.807, 2.05) is 19.2 Å². The number of pyridine rings is 1. The Hall–Kier alpha value is -1.05. The van der Waals surface area contributed by atoms with Crippen LogP contribution in [0.15, 0.2) is 18.5 Å². The van der Waals surface area contributed by atoms with Crippen molar-refractivity contribution in [1.29, 1.82) is 0 Å². The maximum atomic E-state index is 5.56. The lowest BCUT2D eigenvalue weighted by atomic mass is 9.97. The van der Waals surface area contributed by atoms with Crippen molar-refractivity contribution < 1.29 is 4.74 Å². The fourth-order valence-electron chi connectivity index (χ4n) is 1.64. The second-order valence-corrected chi connectivity index (χ2v) is 3.54. The Morgan fingerprint density at radius 2 is 2.21 bits per heavy atom. The van der Waals surface area contributed by atoms with Gasteiger partial charge in [-0.25, -0.2) is 0 Å². The number of nitrogens with zero attached hydrogens (tertiary/aromatic N) is 1. The van der Waals surface area contributed by atoms with Crippen LogP contribution in [-0.2, 0) is 0 Å². The van der Waals surface area contributed by atoms with Gasteiger partial charge in [0.2, 0.25) is 0 Å². The first kappa shape index (κ1) is 11.0. The van der Waals surface area contributed by atoms with Crippen molar-refractivity contribution in [2.24, 2.45) is 0 Å². The lowest BCUT2D eigenvalue weighted by molar-refractivity contribution is 0.333. The Kier molecular flexibility index (Phi) is 4.44. The Balaban J connectivity index is 2.82. The largest absolute Gasteiger partial charge is 0.493 e. The van der Waals surface area contributed by atoms with Gasteiger partial charge in [-0.1, -0.05) is 20.3 Å². The minimum atomic E-state index is 0.537. The predicted octanol–water partition coefficient (Wildman–Crippen LogP) is 3.38. The van der Waals surface area contributed by atoms with E-state index in [9.17, 15) is 0 Å². The molecule has 0 N–H and O–H groups in total. The molecule has 0 spiro atoms. The summed E-state index contributed by atoms with van der Waals surface area (Å²) in [5.74, 6) is 1.53. The molecule has 0 aromatic carbocycles. The lowest BCUT2D eigenvalue weighted by Gasteiger charge is -2.14. The number of aromatic nitrogens is 1. The molecule has 0 saturated heterocycles. The Morgan fingerprint density at radius 1 is 1.43 bits per heavy atom. The van der Waals surface area contributed by atoms with Crippen molar-refractivity contribution >= 4 is 0 Å². The normalized spacial score (nSPS) is 12.5. The molecule has 0 radical (unpaired) electrons. The summed E-state index contributed by atoms with van der Waals surface area (Å²) in [6.07, 6.45) is 6.09. The predicted molar refractivity (Wildman–Crippen MR) is 58.7 cm³/mol. The minimum Gasteiger partial charge on any atom is -0.493 e. The summed E-state index contributed by atoms with van der Waals surface area (Å²) in [4.78, 5) is 4.15. The average Bonchev–Trinajstić information content (AvgIpc) is 2.19. The van der Waals surface area contributed by atoms with Crippen LogP contribution in [0.3, 0.4) is 0 Å². The quantitative estimate of drug-likeness (QED) is 0.715. The highest BCUT2D eigenvalue weighted by atomic mass is 16.5. The molecule has 78 valence electrons. The summed E-state index contributed by atoms with van der Waals surface area (Å²) in [6.45, 7) is 7.15. The van der Waals surface area contributed by atoms with Gasteiger partial charge >= 0.3 is 0 Å². The van der Waals surface area contributed by atoms with E-state index in [2.05, 4.69) is 18.8 Å². The molecule has 2 nitrogen and oxygen atoms in total. The van der Waals surface area contributed by atoms with Crippen LogP contribution in [0.25, 0.3) is 0 Å². The molecule has 0 bridgehead atoms. The molecule has 2 heteroatoms. The molecule has 1 atom stereocenters. The van der Waals surface area contributed by atoms with Gasteiger partial charge in [0.05, 0.1) is 6.61 Å². The van der Waals surface area contributed by atoms with Crippen LogP contribution in [0.2, 0.25) is 0 Å². The molecule has 1 heterocycles. The summed E-state index contributed by atoms with van der Waals surface area (Å²) in [7, 11) is 0. The first-order chi connectivity index (χ1) is 6.79. The lowest BCUT2D eigenvalue weighted by Crippen LogP contribution is -2.00. The summed E-state index contributed by atoms with van der Waals surface area (Å²) >= 11 is 0. The van der Waals surface area contributed by atoms with Crippen molar-refractivity contribution in [2.75, 3.05) is 6.61 Å². The maximum Gasteiger partial charge on any atom is 0.125 e. The smallest absolute Gasteiger partial charge is 0.125 e. The van der Waals surface area contributed by atoms with Crippen LogP contribution < -0.4 is 4.74 Å². The molecule has 0 amide bonds. The van der Waals surface area contributed by atoms with Crippen molar-refractivity contribution in [3.8, 4) is 5.75 Å². The van der Waals surface area contributed by atoms with Crippen LogP contribution in [0.1, 0.15) is 45.1 Å². The zero-order valence-electron chi connectivity index (χ0n) is 9.29. The Bertz CT molecular complexity index is 273. The van der Waals surface area contributed by atoms with Gasteiger partial charge in [0.25, 0.3) is 0 Å². The topological polar surface area (TPSA) is 22.1 Å². The summed E-state index contributed by atoms with van der Waals surface area (Å²) in [6, 6.07) is 1.95. The number of ether oxygens (including phenoxy) is 1. The Labute approximate surface area is 86.3 Å². The molecule has 1 unspecified atom stereocenters. The van der Waals surface area contributed by atoms with Gasteiger partial charge in [-0.15, -0.1) is 0 Å². The highest BCUT2D eigenvalue weighted by Gasteiger charge is 2.10. The van der Waals surface area contributed by atoms with Gasteiger partial charge in [-0.2, -0.15) is 0 Å². The molecule has 1 aromatic rings. The minimum absolute atomic E-state index is 0.537. The SMILES string of the molecule is CCCC(C)c1cnccc1OCC. The third-order valence-corrected chi connectivity index (χ3v) is 2.36. The van der Waals surface area contributed by atoms with Crippen molar-refractivity contribution in [3.05, 3.63) is 24.0 Å². The maximum absolute atomic E-state index is 5.56. The van der Waals surface area contributed by atoms with E-state index < -0.39 is 0 Å². The van der Waals surface area contributed by atoms with E-state index in [4.69, 9.17) is 4.74 Å². The Morgan fingerprint density at radius 3 is 2.86 bits per heavy atom. The summed E-state index contributed by atoms with van der Waals surface area (Å²) in [5, 5.41) is 0. The van der Waals surface area contributed by atoms with E-state index in [0.717, 1.165) is 12.4 Å². The third-order valence-electron chi connectivity index (χ3n) is 2.36. The summed E-state index contributed by atoms with van der Waals surface area (Å²) in [5.41, 5.74) is 1.23. The van der Waals surface area contributed by atoms with Crippen LogP contribution in [0.4, 0.5) is 0 Å². The van der Waals surface area contributed by atoms with Crippen LogP contribution in [-0.4, -0.2) is 11.6 Å². The van der Waals surface area contributed by atoms with E-state index in [1.54, 1.807) is 6.20 Å². The molecule has 0 aliphatic carbocycles. The van der Waals surface area contributed by atoms with Gasteiger partial charge in [0, 0.05) is 18.0 Å². The van der Waals surface area contributed by atoms with Crippen molar-refractivity contribution in [2.45, 2.75) is 39.5 Å². The van der Waals surface area contributed by atoms with Crippen LogP contribution >= 0.6 is 0 Å². The number of hydrogen-bond acceptors (Lipinski definition) is 2. The van der Waals surface area contributed by atoms with Gasteiger partial charge < -0.3 is 4.74 Å². The first-order valence-corrected chi connectivity index (χ1v) is 5.36.